The predicted octanol–water partition coefficient (Wildman–Crippen LogP) is 2.95. The van der Waals surface area contributed by atoms with E-state index in [1.54, 1.807) is 11.3 Å². The van der Waals surface area contributed by atoms with Crippen LogP contribution in [0.3, 0.4) is 0 Å². The Labute approximate surface area is 103 Å². The van der Waals surface area contributed by atoms with Gasteiger partial charge in [0.05, 0.1) is 9.89 Å². The molecule has 0 aliphatic carbocycles. The van der Waals surface area contributed by atoms with E-state index in [4.69, 9.17) is 10.5 Å². The van der Waals surface area contributed by atoms with E-state index >= 15 is 0 Å². The van der Waals surface area contributed by atoms with Crippen LogP contribution in [-0.2, 0) is 11.2 Å². The van der Waals surface area contributed by atoms with Crippen LogP contribution < -0.4 is 5.73 Å². The molecule has 1 aliphatic heterocycles. The van der Waals surface area contributed by atoms with Crippen molar-refractivity contribution in [3.05, 3.63) is 20.8 Å². The molecule has 1 saturated heterocycles. The number of thiophene rings is 1. The van der Waals surface area contributed by atoms with Gasteiger partial charge in [0.1, 0.15) is 0 Å². The molecule has 0 saturated carbocycles. The van der Waals surface area contributed by atoms with Gasteiger partial charge in [-0.15, -0.1) is 11.3 Å². The molecule has 2 rings (SSSR count). The largest absolute Gasteiger partial charge is 0.378 e. The molecule has 1 fully saturated rings. The third-order valence-corrected chi connectivity index (χ3v) is 4.33. The fraction of sp³-hybridized carbons (Fsp3) is 0.636. The molecule has 0 spiro atoms. The first kappa shape index (κ1) is 11.6. The average molecular weight is 290 g/mol. The quantitative estimate of drug-likeness (QED) is 0.925. The van der Waals surface area contributed by atoms with E-state index in [2.05, 4.69) is 28.1 Å². The van der Waals surface area contributed by atoms with Gasteiger partial charge in [0, 0.05) is 17.5 Å². The van der Waals surface area contributed by atoms with Crippen molar-refractivity contribution in [1.29, 1.82) is 0 Å². The van der Waals surface area contributed by atoms with Gasteiger partial charge in [-0.1, -0.05) is 0 Å². The van der Waals surface area contributed by atoms with Gasteiger partial charge in [-0.25, -0.2) is 0 Å². The predicted molar refractivity (Wildman–Crippen MR) is 67.3 cm³/mol. The third-order valence-electron chi connectivity index (χ3n) is 2.68. The van der Waals surface area contributed by atoms with Crippen LogP contribution in [0.5, 0.6) is 0 Å². The van der Waals surface area contributed by atoms with Crippen molar-refractivity contribution in [2.45, 2.75) is 37.8 Å². The lowest BCUT2D eigenvalue weighted by molar-refractivity contribution is 0.0984. The van der Waals surface area contributed by atoms with Gasteiger partial charge >= 0.3 is 0 Å². The highest BCUT2D eigenvalue weighted by Crippen LogP contribution is 2.24. The van der Waals surface area contributed by atoms with Crippen LogP contribution in [-0.4, -0.2) is 18.8 Å². The molecule has 1 aromatic heterocycles. The zero-order valence-electron chi connectivity index (χ0n) is 8.62. The highest BCUT2D eigenvalue weighted by atomic mass is 79.9. The average Bonchev–Trinajstić information content (AvgIpc) is 2.77. The zero-order chi connectivity index (χ0) is 10.7. The summed E-state index contributed by atoms with van der Waals surface area (Å²) in [6, 6.07) is 4.46. The van der Waals surface area contributed by atoms with Crippen molar-refractivity contribution in [3.63, 3.8) is 0 Å². The first-order valence-corrected chi connectivity index (χ1v) is 6.96. The molecule has 4 heteroatoms. The van der Waals surface area contributed by atoms with E-state index in [-0.39, 0.29) is 6.04 Å². The van der Waals surface area contributed by atoms with Gasteiger partial charge in [-0.05, 0) is 53.7 Å². The number of halogens is 1. The molecule has 0 bridgehead atoms. The molecule has 0 amide bonds. The van der Waals surface area contributed by atoms with Gasteiger partial charge in [0.15, 0.2) is 0 Å². The van der Waals surface area contributed by atoms with Gasteiger partial charge in [0.2, 0.25) is 0 Å². The maximum Gasteiger partial charge on any atom is 0.0701 e. The molecule has 2 atom stereocenters. The van der Waals surface area contributed by atoms with Crippen LogP contribution >= 0.6 is 27.3 Å². The second-order valence-corrected chi connectivity index (χ2v) is 6.59. The van der Waals surface area contributed by atoms with Gasteiger partial charge in [0.25, 0.3) is 0 Å². The summed E-state index contributed by atoms with van der Waals surface area (Å²) in [7, 11) is 0. The summed E-state index contributed by atoms with van der Waals surface area (Å²) in [5.74, 6) is 0. The fourth-order valence-electron chi connectivity index (χ4n) is 1.97. The molecule has 2 nitrogen and oxygen atoms in total. The number of hydrogen-bond donors (Lipinski definition) is 1. The van der Waals surface area contributed by atoms with E-state index in [1.165, 1.54) is 21.5 Å². The van der Waals surface area contributed by atoms with Gasteiger partial charge in [-0.3, -0.25) is 0 Å². The summed E-state index contributed by atoms with van der Waals surface area (Å²) < 4.78 is 6.76. The first-order valence-electron chi connectivity index (χ1n) is 5.35. The number of rotatable bonds is 4. The molecule has 0 radical (unpaired) electrons. The summed E-state index contributed by atoms with van der Waals surface area (Å²) in [5.41, 5.74) is 6.11. The minimum Gasteiger partial charge on any atom is -0.378 e. The van der Waals surface area contributed by atoms with Crippen LogP contribution in [0.1, 0.15) is 24.1 Å². The fourth-order valence-corrected chi connectivity index (χ4v) is 3.55. The highest BCUT2D eigenvalue weighted by Gasteiger charge is 2.19. The normalized spacial score (nSPS) is 23.2. The van der Waals surface area contributed by atoms with Crippen LogP contribution in [0.2, 0.25) is 0 Å². The minimum atomic E-state index is 0.235. The SMILES string of the molecule is NC(Cc1ccc(Br)s1)CC1CCCO1. The summed E-state index contributed by atoms with van der Waals surface area (Å²) in [5, 5.41) is 0. The first-order chi connectivity index (χ1) is 7.24. The zero-order valence-corrected chi connectivity index (χ0v) is 11.0. The number of ether oxygens (including phenoxy) is 1. The van der Waals surface area contributed by atoms with E-state index in [9.17, 15) is 0 Å². The van der Waals surface area contributed by atoms with Crippen LogP contribution in [0, 0.1) is 0 Å². The van der Waals surface area contributed by atoms with Crippen LogP contribution in [0.4, 0.5) is 0 Å². The van der Waals surface area contributed by atoms with E-state index < -0.39 is 0 Å². The Morgan fingerprint density at radius 1 is 1.60 bits per heavy atom. The molecular formula is C11H16BrNOS. The molecule has 15 heavy (non-hydrogen) atoms. The Morgan fingerprint density at radius 2 is 2.47 bits per heavy atom. The smallest absolute Gasteiger partial charge is 0.0701 e. The topological polar surface area (TPSA) is 35.2 Å². The molecule has 1 aliphatic rings. The Hall–Kier alpha value is 0.1000. The lowest BCUT2D eigenvalue weighted by atomic mass is 10.0. The van der Waals surface area contributed by atoms with Gasteiger partial charge in [-0.2, -0.15) is 0 Å². The van der Waals surface area contributed by atoms with Crippen molar-refractivity contribution >= 4 is 27.3 Å². The maximum absolute atomic E-state index is 6.11. The molecule has 2 heterocycles. The molecule has 0 aromatic carbocycles. The van der Waals surface area contributed by atoms with Crippen molar-refractivity contribution in [1.82, 2.24) is 0 Å². The van der Waals surface area contributed by atoms with Crippen molar-refractivity contribution in [2.24, 2.45) is 5.73 Å². The Bertz CT molecular complexity index is 309. The Morgan fingerprint density at radius 3 is 3.07 bits per heavy atom. The van der Waals surface area contributed by atoms with E-state index in [1.807, 2.05) is 0 Å². The van der Waals surface area contributed by atoms with Crippen molar-refractivity contribution in [3.8, 4) is 0 Å². The van der Waals surface area contributed by atoms with Crippen LogP contribution in [0.15, 0.2) is 15.9 Å². The van der Waals surface area contributed by atoms with Crippen molar-refractivity contribution in [2.75, 3.05) is 6.61 Å². The minimum absolute atomic E-state index is 0.235. The molecule has 1 aromatic rings. The molecule has 84 valence electrons. The summed E-state index contributed by atoms with van der Waals surface area (Å²) >= 11 is 5.23. The standard InChI is InChI=1S/C11H16BrNOS/c12-11-4-3-10(15-11)7-8(13)6-9-2-1-5-14-9/h3-4,8-9H,1-2,5-7,13H2. The molecule has 2 unspecified atom stereocenters. The van der Waals surface area contributed by atoms with E-state index in [0.717, 1.165) is 19.4 Å². The maximum atomic E-state index is 6.11. The summed E-state index contributed by atoms with van der Waals surface area (Å²) in [6.07, 6.45) is 4.75. The molecular weight excluding hydrogens is 274 g/mol. The number of nitrogens with two attached hydrogens (primary N) is 1. The second-order valence-electron chi connectivity index (χ2n) is 4.04. The molecule has 2 N–H and O–H groups in total. The van der Waals surface area contributed by atoms with Crippen LogP contribution in [0.25, 0.3) is 0 Å². The summed E-state index contributed by atoms with van der Waals surface area (Å²) in [6.45, 7) is 0.919. The van der Waals surface area contributed by atoms with E-state index in [0.29, 0.717) is 6.10 Å². The lowest BCUT2D eigenvalue weighted by Gasteiger charge is -2.15. The Balaban J connectivity index is 1.78. The third kappa shape index (κ3) is 3.55. The van der Waals surface area contributed by atoms with Gasteiger partial charge < -0.3 is 10.5 Å². The van der Waals surface area contributed by atoms with Crippen molar-refractivity contribution < 1.29 is 4.74 Å². The number of hydrogen-bond acceptors (Lipinski definition) is 3. The second kappa shape index (κ2) is 5.43. The highest BCUT2D eigenvalue weighted by molar-refractivity contribution is 9.11. The summed E-state index contributed by atoms with van der Waals surface area (Å²) in [4.78, 5) is 1.35. The monoisotopic (exact) mass is 289 g/mol. The lowest BCUT2D eigenvalue weighted by Crippen LogP contribution is -2.27. The Kier molecular flexibility index (Phi) is 4.20.